The van der Waals surface area contributed by atoms with Gasteiger partial charge in [0, 0.05) is 22.9 Å². The number of nitrogens with zero attached hydrogens (tertiary/aromatic N) is 1. The van der Waals surface area contributed by atoms with Crippen molar-refractivity contribution in [3.63, 3.8) is 0 Å². The first kappa shape index (κ1) is 12.3. The van der Waals surface area contributed by atoms with Crippen molar-refractivity contribution in [1.29, 1.82) is 0 Å². The molecule has 1 aromatic heterocycles. The van der Waals surface area contributed by atoms with Gasteiger partial charge in [-0.2, -0.15) is 0 Å². The minimum absolute atomic E-state index is 0.145. The zero-order valence-corrected chi connectivity index (χ0v) is 11.1. The van der Waals surface area contributed by atoms with Crippen LogP contribution in [0.15, 0.2) is 53.3 Å². The first-order valence-electron chi connectivity index (χ1n) is 5.63. The molecule has 1 aromatic carbocycles. The van der Waals surface area contributed by atoms with Crippen molar-refractivity contribution in [2.75, 3.05) is 0 Å². The topological polar surface area (TPSA) is 38.9 Å². The van der Waals surface area contributed by atoms with E-state index >= 15 is 0 Å². The zero-order valence-electron chi connectivity index (χ0n) is 9.51. The fraction of sp³-hybridized carbons (Fsp3) is 0.214. The Hall–Kier alpha value is -1.19. The molecule has 17 heavy (non-hydrogen) atoms. The summed E-state index contributed by atoms with van der Waals surface area (Å²) >= 11 is 3.47. The fourth-order valence-electron chi connectivity index (χ4n) is 1.86. The standard InChI is InChI=1S/C14H15BrN2/c15-13-3-1-2-12(8-13)10-14(16)9-11-4-6-17-7-5-11/h1-8,14H,9-10,16H2. The molecule has 1 unspecified atom stereocenters. The molecule has 0 aliphatic rings. The Balaban J connectivity index is 1.96. The number of aromatic nitrogens is 1. The largest absolute Gasteiger partial charge is 0.327 e. The molecule has 0 saturated carbocycles. The Bertz CT molecular complexity index is 471. The minimum atomic E-state index is 0.145. The van der Waals surface area contributed by atoms with Gasteiger partial charge >= 0.3 is 0 Å². The van der Waals surface area contributed by atoms with Gasteiger partial charge in [0.05, 0.1) is 0 Å². The third-order valence-corrected chi connectivity index (χ3v) is 3.13. The van der Waals surface area contributed by atoms with E-state index in [-0.39, 0.29) is 6.04 Å². The SMILES string of the molecule is NC(Cc1ccncc1)Cc1cccc(Br)c1. The Labute approximate surface area is 110 Å². The van der Waals surface area contributed by atoms with Crippen LogP contribution in [0.2, 0.25) is 0 Å². The lowest BCUT2D eigenvalue weighted by Gasteiger charge is -2.11. The van der Waals surface area contributed by atoms with E-state index in [0.717, 1.165) is 17.3 Å². The lowest BCUT2D eigenvalue weighted by atomic mass is 10.0. The molecule has 3 heteroatoms. The molecule has 88 valence electrons. The van der Waals surface area contributed by atoms with Crippen molar-refractivity contribution < 1.29 is 0 Å². The van der Waals surface area contributed by atoms with Crippen molar-refractivity contribution in [1.82, 2.24) is 4.98 Å². The Morgan fingerprint density at radius 1 is 1.06 bits per heavy atom. The highest BCUT2D eigenvalue weighted by Gasteiger charge is 2.05. The summed E-state index contributed by atoms with van der Waals surface area (Å²) in [6.45, 7) is 0. The molecular formula is C14H15BrN2. The monoisotopic (exact) mass is 290 g/mol. The van der Waals surface area contributed by atoms with E-state index in [1.807, 2.05) is 24.3 Å². The van der Waals surface area contributed by atoms with Gasteiger partial charge in [-0.15, -0.1) is 0 Å². The van der Waals surface area contributed by atoms with Crippen LogP contribution >= 0.6 is 15.9 Å². The molecule has 1 heterocycles. The molecule has 0 aliphatic heterocycles. The molecule has 0 spiro atoms. The quantitative estimate of drug-likeness (QED) is 0.940. The predicted octanol–water partition coefficient (Wildman–Crippen LogP) is 2.96. The molecule has 2 rings (SSSR count). The van der Waals surface area contributed by atoms with Crippen LogP contribution in [-0.2, 0) is 12.8 Å². The third-order valence-electron chi connectivity index (χ3n) is 2.63. The van der Waals surface area contributed by atoms with Crippen molar-refractivity contribution in [3.05, 3.63) is 64.4 Å². The van der Waals surface area contributed by atoms with E-state index in [1.165, 1.54) is 11.1 Å². The second kappa shape index (κ2) is 5.94. The average molecular weight is 291 g/mol. The van der Waals surface area contributed by atoms with Gasteiger partial charge in [0.2, 0.25) is 0 Å². The van der Waals surface area contributed by atoms with Crippen LogP contribution in [0, 0.1) is 0 Å². The molecule has 2 nitrogen and oxygen atoms in total. The van der Waals surface area contributed by atoms with Crippen molar-refractivity contribution in [2.45, 2.75) is 18.9 Å². The van der Waals surface area contributed by atoms with Crippen LogP contribution in [-0.4, -0.2) is 11.0 Å². The predicted molar refractivity (Wildman–Crippen MR) is 73.8 cm³/mol. The molecular weight excluding hydrogens is 276 g/mol. The van der Waals surface area contributed by atoms with Gasteiger partial charge in [-0.25, -0.2) is 0 Å². The van der Waals surface area contributed by atoms with Crippen LogP contribution < -0.4 is 5.73 Å². The number of hydrogen-bond acceptors (Lipinski definition) is 2. The summed E-state index contributed by atoms with van der Waals surface area (Å²) in [6, 6.07) is 12.5. The van der Waals surface area contributed by atoms with Crippen molar-refractivity contribution in [2.24, 2.45) is 5.73 Å². The summed E-state index contributed by atoms with van der Waals surface area (Å²) in [7, 11) is 0. The van der Waals surface area contributed by atoms with Gasteiger partial charge in [0.25, 0.3) is 0 Å². The van der Waals surface area contributed by atoms with E-state index in [0.29, 0.717) is 0 Å². The lowest BCUT2D eigenvalue weighted by molar-refractivity contribution is 0.664. The Kier molecular flexibility index (Phi) is 4.29. The maximum atomic E-state index is 6.15. The number of benzene rings is 1. The molecule has 0 bridgehead atoms. The summed E-state index contributed by atoms with van der Waals surface area (Å²) in [5.74, 6) is 0. The van der Waals surface area contributed by atoms with Crippen LogP contribution in [0.1, 0.15) is 11.1 Å². The number of halogens is 1. The summed E-state index contributed by atoms with van der Waals surface area (Å²) in [6.07, 6.45) is 5.39. The van der Waals surface area contributed by atoms with Crippen LogP contribution in [0.5, 0.6) is 0 Å². The molecule has 0 aliphatic carbocycles. The molecule has 0 saturated heterocycles. The van der Waals surface area contributed by atoms with Crippen LogP contribution in [0.3, 0.4) is 0 Å². The second-order valence-corrected chi connectivity index (χ2v) is 5.07. The number of hydrogen-bond donors (Lipinski definition) is 1. The molecule has 0 amide bonds. The van der Waals surface area contributed by atoms with E-state index < -0.39 is 0 Å². The third kappa shape index (κ3) is 3.95. The first-order valence-corrected chi connectivity index (χ1v) is 6.42. The second-order valence-electron chi connectivity index (χ2n) is 4.15. The Morgan fingerprint density at radius 3 is 2.47 bits per heavy atom. The van der Waals surface area contributed by atoms with E-state index in [9.17, 15) is 0 Å². The fourth-order valence-corrected chi connectivity index (χ4v) is 2.31. The highest BCUT2D eigenvalue weighted by Crippen LogP contribution is 2.13. The molecule has 1 atom stereocenters. The normalized spacial score (nSPS) is 12.4. The highest BCUT2D eigenvalue weighted by atomic mass is 79.9. The van der Waals surface area contributed by atoms with Crippen LogP contribution in [0.25, 0.3) is 0 Å². The van der Waals surface area contributed by atoms with E-state index in [1.54, 1.807) is 12.4 Å². The summed E-state index contributed by atoms with van der Waals surface area (Å²) in [5, 5.41) is 0. The summed E-state index contributed by atoms with van der Waals surface area (Å²) in [5.41, 5.74) is 8.66. The van der Waals surface area contributed by atoms with Gasteiger partial charge < -0.3 is 5.73 Å². The molecule has 0 fully saturated rings. The molecule has 2 N–H and O–H groups in total. The first-order chi connectivity index (χ1) is 8.24. The van der Waals surface area contributed by atoms with Crippen molar-refractivity contribution in [3.8, 4) is 0 Å². The minimum Gasteiger partial charge on any atom is -0.327 e. The molecule has 0 radical (unpaired) electrons. The highest BCUT2D eigenvalue weighted by molar-refractivity contribution is 9.10. The lowest BCUT2D eigenvalue weighted by Crippen LogP contribution is -2.25. The molecule has 2 aromatic rings. The maximum absolute atomic E-state index is 6.15. The van der Waals surface area contributed by atoms with Crippen molar-refractivity contribution >= 4 is 15.9 Å². The average Bonchev–Trinajstić information content (AvgIpc) is 2.30. The van der Waals surface area contributed by atoms with Gasteiger partial charge in [-0.3, -0.25) is 4.98 Å². The number of pyridine rings is 1. The van der Waals surface area contributed by atoms with Crippen LogP contribution in [0.4, 0.5) is 0 Å². The number of nitrogens with two attached hydrogens (primary N) is 1. The number of rotatable bonds is 4. The van der Waals surface area contributed by atoms with Gasteiger partial charge in [0.1, 0.15) is 0 Å². The van der Waals surface area contributed by atoms with Gasteiger partial charge in [-0.1, -0.05) is 28.1 Å². The Morgan fingerprint density at radius 2 is 1.76 bits per heavy atom. The van der Waals surface area contributed by atoms with E-state index in [4.69, 9.17) is 5.73 Å². The zero-order chi connectivity index (χ0) is 12.1. The van der Waals surface area contributed by atoms with Gasteiger partial charge in [0.15, 0.2) is 0 Å². The van der Waals surface area contributed by atoms with Gasteiger partial charge in [-0.05, 0) is 48.2 Å². The smallest absolute Gasteiger partial charge is 0.0270 e. The summed E-state index contributed by atoms with van der Waals surface area (Å²) in [4.78, 5) is 4.00. The maximum Gasteiger partial charge on any atom is 0.0270 e. The van der Waals surface area contributed by atoms with E-state index in [2.05, 4.69) is 33.0 Å². The summed E-state index contributed by atoms with van der Waals surface area (Å²) < 4.78 is 1.10.